The van der Waals surface area contributed by atoms with E-state index in [0.29, 0.717) is 23.5 Å². The van der Waals surface area contributed by atoms with E-state index in [0.717, 1.165) is 76.5 Å². The molecular formula is C30H42F4. The molecule has 3 aliphatic carbocycles. The largest absolute Gasteiger partial charge is 0.209 e. The van der Waals surface area contributed by atoms with Gasteiger partial charge in [0.05, 0.1) is 0 Å². The van der Waals surface area contributed by atoms with Crippen molar-refractivity contribution in [1.82, 2.24) is 0 Å². The lowest BCUT2D eigenvalue weighted by molar-refractivity contribution is 0.251. The number of benzene rings is 1. The molecule has 2 unspecified atom stereocenters. The van der Waals surface area contributed by atoms with Crippen molar-refractivity contribution in [3.05, 3.63) is 46.5 Å². The molecule has 0 heterocycles. The van der Waals surface area contributed by atoms with Crippen LogP contribution in [0, 0.1) is 35.3 Å². The van der Waals surface area contributed by atoms with Crippen LogP contribution in [-0.4, -0.2) is 0 Å². The van der Waals surface area contributed by atoms with Crippen LogP contribution in [0.4, 0.5) is 17.6 Å². The Labute approximate surface area is 203 Å². The number of rotatable bonds is 7. The van der Waals surface area contributed by atoms with Gasteiger partial charge in [0, 0.05) is 11.8 Å². The van der Waals surface area contributed by atoms with Crippen LogP contribution in [-0.2, 0) is 0 Å². The van der Waals surface area contributed by atoms with Crippen LogP contribution < -0.4 is 0 Å². The van der Waals surface area contributed by atoms with E-state index in [-0.39, 0.29) is 23.7 Å². The highest BCUT2D eigenvalue weighted by atomic mass is 19.2. The summed E-state index contributed by atoms with van der Waals surface area (Å²) in [4.78, 5) is 0. The van der Waals surface area contributed by atoms with Crippen LogP contribution in [0.25, 0.3) is 0 Å². The lowest BCUT2D eigenvalue weighted by atomic mass is 9.74. The lowest BCUT2D eigenvalue weighted by Gasteiger charge is -2.32. The third-order valence-electron chi connectivity index (χ3n) is 9.30. The second-order valence-electron chi connectivity index (χ2n) is 11.5. The zero-order valence-corrected chi connectivity index (χ0v) is 21.0. The Bertz CT molecular complexity index is 844. The molecule has 0 N–H and O–H groups in total. The standard InChI is InChI=1S/C30H42F4/c1-3-4-20-6-12-22(13-7-20)25-17-18-26(30(34)29(25)33)23-14-8-21(9-15-23)10-16-24-11-5-19(2)27(31)28(24)32/h17-24H,3-16H2,1-2H3. The summed E-state index contributed by atoms with van der Waals surface area (Å²) in [6, 6.07) is 3.71. The fraction of sp³-hybridized carbons (Fsp3) is 0.733. The minimum atomic E-state index is -0.629. The first kappa shape index (κ1) is 25.8. The summed E-state index contributed by atoms with van der Waals surface area (Å²) in [6.45, 7) is 3.96. The number of hydrogen-bond acceptors (Lipinski definition) is 0. The Hall–Kier alpha value is -1.32. The third-order valence-corrected chi connectivity index (χ3v) is 9.30. The monoisotopic (exact) mass is 478 g/mol. The van der Waals surface area contributed by atoms with Crippen molar-refractivity contribution in [3.63, 3.8) is 0 Å². The van der Waals surface area contributed by atoms with Gasteiger partial charge in [0.25, 0.3) is 0 Å². The molecule has 0 nitrogen and oxygen atoms in total. The van der Waals surface area contributed by atoms with Gasteiger partial charge in [0.2, 0.25) is 0 Å². The minimum Gasteiger partial charge on any atom is -0.209 e. The fourth-order valence-electron chi connectivity index (χ4n) is 6.99. The molecule has 190 valence electrons. The highest BCUT2D eigenvalue weighted by molar-refractivity contribution is 5.32. The summed E-state index contributed by atoms with van der Waals surface area (Å²) in [5, 5.41) is 0. The molecule has 0 radical (unpaired) electrons. The van der Waals surface area contributed by atoms with Crippen LogP contribution in [0.3, 0.4) is 0 Å². The first-order valence-corrected chi connectivity index (χ1v) is 13.9. The van der Waals surface area contributed by atoms with Gasteiger partial charge in [-0.15, -0.1) is 0 Å². The quantitative estimate of drug-likeness (QED) is 0.342. The fourth-order valence-corrected chi connectivity index (χ4v) is 6.99. The number of hydrogen-bond donors (Lipinski definition) is 0. The average molecular weight is 479 g/mol. The maximum atomic E-state index is 15.1. The molecule has 4 heteroatoms. The Morgan fingerprint density at radius 1 is 0.618 bits per heavy atom. The Morgan fingerprint density at radius 3 is 1.62 bits per heavy atom. The zero-order valence-electron chi connectivity index (χ0n) is 21.0. The minimum absolute atomic E-state index is 0.0599. The third kappa shape index (κ3) is 5.73. The van der Waals surface area contributed by atoms with E-state index in [1.165, 1.54) is 12.8 Å². The summed E-state index contributed by atoms with van der Waals surface area (Å²) < 4.78 is 58.4. The molecule has 0 saturated heterocycles. The van der Waals surface area contributed by atoms with Gasteiger partial charge in [-0.3, -0.25) is 0 Å². The van der Waals surface area contributed by atoms with Crippen molar-refractivity contribution >= 4 is 0 Å². The second-order valence-corrected chi connectivity index (χ2v) is 11.5. The topological polar surface area (TPSA) is 0 Å². The van der Waals surface area contributed by atoms with Gasteiger partial charge < -0.3 is 0 Å². The van der Waals surface area contributed by atoms with Gasteiger partial charge in [-0.25, -0.2) is 17.6 Å². The van der Waals surface area contributed by atoms with Crippen LogP contribution in [0.1, 0.15) is 127 Å². The van der Waals surface area contributed by atoms with E-state index in [9.17, 15) is 8.78 Å². The Kier molecular flexibility index (Phi) is 8.80. The molecule has 34 heavy (non-hydrogen) atoms. The maximum absolute atomic E-state index is 15.1. The van der Waals surface area contributed by atoms with E-state index in [1.807, 2.05) is 12.1 Å². The Balaban J connectivity index is 1.30. The summed E-state index contributed by atoms with van der Waals surface area (Å²) in [7, 11) is 0. The van der Waals surface area contributed by atoms with Gasteiger partial charge >= 0.3 is 0 Å². The average Bonchev–Trinajstić information content (AvgIpc) is 2.85. The zero-order chi connectivity index (χ0) is 24.2. The van der Waals surface area contributed by atoms with Crippen molar-refractivity contribution in [2.45, 2.75) is 116 Å². The van der Waals surface area contributed by atoms with Gasteiger partial charge in [0.15, 0.2) is 11.6 Å². The molecule has 2 fully saturated rings. The second kappa shape index (κ2) is 11.6. The summed E-state index contributed by atoms with van der Waals surface area (Å²) >= 11 is 0. The van der Waals surface area contributed by atoms with E-state index < -0.39 is 23.3 Å². The SMILES string of the molecule is CCCC1CCC(c2ccc(C3CCC(CCC4CCC(C)C(F)=C4F)CC3)c(F)c2F)CC1. The predicted molar refractivity (Wildman–Crippen MR) is 131 cm³/mol. The van der Waals surface area contributed by atoms with Gasteiger partial charge in [0.1, 0.15) is 11.7 Å². The van der Waals surface area contributed by atoms with Crippen molar-refractivity contribution in [3.8, 4) is 0 Å². The first-order valence-electron chi connectivity index (χ1n) is 13.9. The summed E-state index contributed by atoms with van der Waals surface area (Å²) in [6.07, 6.45) is 13.2. The highest BCUT2D eigenvalue weighted by Crippen LogP contribution is 2.44. The predicted octanol–water partition coefficient (Wildman–Crippen LogP) is 10.3. The summed E-state index contributed by atoms with van der Waals surface area (Å²) in [5.74, 6) is -1.45. The molecule has 0 aliphatic heterocycles. The molecule has 0 bridgehead atoms. The Morgan fingerprint density at radius 2 is 1.12 bits per heavy atom. The smallest absolute Gasteiger partial charge is 0.162 e. The first-order chi connectivity index (χ1) is 16.4. The van der Waals surface area contributed by atoms with E-state index >= 15 is 8.78 Å². The number of allylic oxidation sites excluding steroid dienone is 2. The van der Waals surface area contributed by atoms with Gasteiger partial charge in [-0.05, 0) is 112 Å². The maximum Gasteiger partial charge on any atom is 0.162 e. The van der Waals surface area contributed by atoms with Crippen molar-refractivity contribution in [1.29, 1.82) is 0 Å². The van der Waals surface area contributed by atoms with E-state index in [1.54, 1.807) is 6.92 Å². The molecule has 3 aliphatic rings. The molecular weight excluding hydrogens is 436 g/mol. The molecule has 4 rings (SSSR count). The van der Waals surface area contributed by atoms with Crippen LogP contribution in [0.15, 0.2) is 23.8 Å². The normalized spacial score (nSPS) is 32.8. The lowest BCUT2D eigenvalue weighted by Crippen LogP contribution is -2.19. The molecule has 0 spiro atoms. The van der Waals surface area contributed by atoms with Crippen LogP contribution in [0.2, 0.25) is 0 Å². The van der Waals surface area contributed by atoms with Gasteiger partial charge in [-0.1, -0.05) is 38.8 Å². The highest BCUT2D eigenvalue weighted by Gasteiger charge is 2.32. The van der Waals surface area contributed by atoms with Crippen molar-refractivity contribution < 1.29 is 17.6 Å². The molecule has 0 aromatic heterocycles. The van der Waals surface area contributed by atoms with Crippen molar-refractivity contribution in [2.24, 2.45) is 23.7 Å². The van der Waals surface area contributed by atoms with Crippen LogP contribution >= 0.6 is 0 Å². The van der Waals surface area contributed by atoms with Crippen LogP contribution in [0.5, 0.6) is 0 Å². The summed E-state index contributed by atoms with van der Waals surface area (Å²) in [5.41, 5.74) is 1.12. The van der Waals surface area contributed by atoms with E-state index in [4.69, 9.17) is 0 Å². The van der Waals surface area contributed by atoms with Gasteiger partial charge in [-0.2, -0.15) is 0 Å². The molecule has 1 aromatic carbocycles. The van der Waals surface area contributed by atoms with E-state index in [2.05, 4.69) is 6.92 Å². The van der Waals surface area contributed by atoms with Crippen molar-refractivity contribution in [2.75, 3.05) is 0 Å². The molecule has 1 aromatic rings. The molecule has 2 atom stereocenters. The number of halogens is 4. The molecule has 0 amide bonds. The molecule has 2 saturated carbocycles.